The van der Waals surface area contributed by atoms with Crippen molar-refractivity contribution in [1.29, 1.82) is 0 Å². The maximum absolute atomic E-state index is 10.6. The van der Waals surface area contributed by atoms with E-state index in [1.165, 1.54) is 17.7 Å². The Labute approximate surface area is 129 Å². The van der Waals surface area contributed by atoms with Crippen LogP contribution in [-0.4, -0.2) is 18.1 Å². The highest BCUT2D eigenvalue weighted by Crippen LogP contribution is 2.34. The Morgan fingerprint density at radius 1 is 1.14 bits per heavy atom. The van der Waals surface area contributed by atoms with Gasteiger partial charge in [-0.2, -0.15) is 0 Å². The van der Waals surface area contributed by atoms with Crippen molar-refractivity contribution < 1.29 is 9.66 Å². The van der Waals surface area contributed by atoms with Gasteiger partial charge in [0.15, 0.2) is 0 Å². The van der Waals surface area contributed by atoms with Gasteiger partial charge in [0, 0.05) is 36.9 Å². The summed E-state index contributed by atoms with van der Waals surface area (Å²) < 4.78 is 5.86. The first kappa shape index (κ1) is 14.5. The van der Waals surface area contributed by atoms with Crippen molar-refractivity contribution in [1.82, 2.24) is 0 Å². The van der Waals surface area contributed by atoms with Crippen LogP contribution in [0.1, 0.15) is 18.1 Å². The molecular weight excluding hydrogens is 280 g/mol. The van der Waals surface area contributed by atoms with Crippen molar-refractivity contribution in [2.75, 3.05) is 18.5 Å². The van der Waals surface area contributed by atoms with Crippen LogP contribution in [0.3, 0.4) is 0 Å². The van der Waals surface area contributed by atoms with Gasteiger partial charge in [0.25, 0.3) is 5.69 Å². The molecule has 2 unspecified atom stereocenters. The van der Waals surface area contributed by atoms with Crippen molar-refractivity contribution >= 4 is 11.4 Å². The van der Waals surface area contributed by atoms with Crippen molar-refractivity contribution in [3.8, 4) is 0 Å². The molecule has 0 amide bonds. The highest BCUT2D eigenvalue weighted by Gasteiger charge is 2.29. The number of rotatable bonds is 5. The molecule has 5 heteroatoms. The first-order valence-electron chi connectivity index (χ1n) is 7.39. The monoisotopic (exact) mass is 298 g/mol. The van der Waals surface area contributed by atoms with Crippen LogP contribution in [0.2, 0.25) is 0 Å². The molecule has 1 aliphatic rings. The molecule has 3 rings (SSSR count). The molecule has 22 heavy (non-hydrogen) atoms. The zero-order valence-electron chi connectivity index (χ0n) is 12.1. The number of anilines is 1. The number of non-ortho nitro benzene ring substituents is 1. The zero-order valence-corrected chi connectivity index (χ0v) is 12.1. The van der Waals surface area contributed by atoms with Gasteiger partial charge in [-0.1, -0.05) is 30.3 Å². The van der Waals surface area contributed by atoms with Crippen LogP contribution in [0.25, 0.3) is 0 Å². The summed E-state index contributed by atoms with van der Waals surface area (Å²) in [5, 5.41) is 14.0. The van der Waals surface area contributed by atoms with Crippen LogP contribution in [0.5, 0.6) is 0 Å². The number of benzene rings is 2. The second-order valence-electron chi connectivity index (χ2n) is 5.44. The Bertz CT molecular complexity index is 628. The summed E-state index contributed by atoms with van der Waals surface area (Å²) in [4.78, 5) is 10.3. The van der Waals surface area contributed by atoms with Crippen molar-refractivity contribution in [2.24, 2.45) is 5.92 Å². The van der Waals surface area contributed by atoms with E-state index in [9.17, 15) is 10.1 Å². The molecule has 0 saturated carbocycles. The summed E-state index contributed by atoms with van der Waals surface area (Å²) in [6.07, 6.45) is 1.13. The minimum atomic E-state index is -0.389. The number of nitro groups is 1. The summed E-state index contributed by atoms with van der Waals surface area (Å²) in [7, 11) is 0. The molecule has 0 aromatic heterocycles. The topological polar surface area (TPSA) is 64.4 Å². The van der Waals surface area contributed by atoms with Crippen LogP contribution < -0.4 is 5.32 Å². The van der Waals surface area contributed by atoms with E-state index in [0.29, 0.717) is 5.92 Å². The van der Waals surface area contributed by atoms with E-state index < -0.39 is 0 Å². The predicted molar refractivity (Wildman–Crippen MR) is 84.8 cm³/mol. The van der Waals surface area contributed by atoms with E-state index in [0.717, 1.165) is 25.3 Å². The first-order chi connectivity index (χ1) is 10.7. The predicted octanol–water partition coefficient (Wildman–Crippen LogP) is 3.78. The Balaban J connectivity index is 1.62. The van der Waals surface area contributed by atoms with Gasteiger partial charge < -0.3 is 10.1 Å². The third kappa shape index (κ3) is 3.26. The van der Waals surface area contributed by atoms with E-state index >= 15 is 0 Å². The Morgan fingerprint density at radius 2 is 1.86 bits per heavy atom. The number of nitro benzene ring substituents is 1. The average Bonchev–Trinajstić information content (AvgIpc) is 3.02. The molecule has 1 heterocycles. The van der Waals surface area contributed by atoms with Crippen molar-refractivity contribution in [2.45, 2.75) is 12.5 Å². The van der Waals surface area contributed by atoms with Crippen LogP contribution in [0.4, 0.5) is 11.4 Å². The van der Waals surface area contributed by atoms with Gasteiger partial charge in [-0.15, -0.1) is 0 Å². The summed E-state index contributed by atoms with van der Waals surface area (Å²) in [6.45, 7) is 1.56. The molecule has 1 N–H and O–H groups in total. The highest BCUT2D eigenvalue weighted by molar-refractivity contribution is 5.48. The average molecular weight is 298 g/mol. The molecule has 114 valence electrons. The Kier molecular flexibility index (Phi) is 4.34. The minimum Gasteiger partial charge on any atom is -0.385 e. The molecule has 0 bridgehead atoms. The quantitative estimate of drug-likeness (QED) is 0.674. The largest absolute Gasteiger partial charge is 0.385 e. The summed E-state index contributed by atoms with van der Waals surface area (Å²) in [5.41, 5.74) is 2.21. The lowest BCUT2D eigenvalue weighted by atomic mass is 9.95. The number of hydrogen-bond acceptors (Lipinski definition) is 4. The fourth-order valence-electron chi connectivity index (χ4n) is 2.80. The Morgan fingerprint density at radius 3 is 2.55 bits per heavy atom. The summed E-state index contributed by atoms with van der Waals surface area (Å²) >= 11 is 0. The molecule has 1 fully saturated rings. The molecule has 1 saturated heterocycles. The third-order valence-electron chi connectivity index (χ3n) is 3.99. The van der Waals surface area contributed by atoms with Crippen LogP contribution in [0.15, 0.2) is 54.6 Å². The number of ether oxygens (including phenoxy) is 1. The number of nitrogens with one attached hydrogen (secondary N) is 1. The second-order valence-corrected chi connectivity index (χ2v) is 5.44. The van der Waals surface area contributed by atoms with E-state index in [-0.39, 0.29) is 16.7 Å². The number of hydrogen-bond donors (Lipinski definition) is 1. The van der Waals surface area contributed by atoms with Gasteiger partial charge in [0.1, 0.15) is 0 Å². The lowest BCUT2D eigenvalue weighted by molar-refractivity contribution is -0.384. The molecule has 5 nitrogen and oxygen atoms in total. The van der Waals surface area contributed by atoms with Crippen LogP contribution in [0, 0.1) is 16.0 Å². The van der Waals surface area contributed by atoms with Crippen molar-refractivity contribution in [3.05, 3.63) is 70.3 Å². The molecular formula is C17H18N2O3. The van der Waals surface area contributed by atoms with Gasteiger partial charge in [-0.25, -0.2) is 0 Å². The molecule has 0 radical (unpaired) electrons. The minimum absolute atomic E-state index is 0.108. The standard InChI is InChI=1S/C17H18N2O3/c20-19(21)16-8-6-15(7-9-16)18-12-14-10-11-22-17(14)13-4-2-1-3-5-13/h1-9,14,17-18H,10-12H2. The van der Waals surface area contributed by atoms with Crippen LogP contribution in [-0.2, 0) is 4.74 Å². The SMILES string of the molecule is O=[N+]([O-])c1ccc(NCC2CCOC2c2ccccc2)cc1. The van der Waals surface area contributed by atoms with E-state index in [1.54, 1.807) is 12.1 Å². The number of nitrogens with zero attached hydrogens (tertiary/aromatic N) is 1. The third-order valence-corrected chi connectivity index (χ3v) is 3.99. The lowest BCUT2D eigenvalue weighted by Gasteiger charge is -2.19. The Hall–Kier alpha value is -2.40. The smallest absolute Gasteiger partial charge is 0.269 e. The molecule has 1 aliphatic heterocycles. The van der Waals surface area contributed by atoms with Crippen LogP contribution >= 0.6 is 0 Å². The maximum atomic E-state index is 10.6. The van der Waals surface area contributed by atoms with E-state index in [1.807, 2.05) is 18.2 Å². The van der Waals surface area contributed by atoms with E-state index in [2.05, 4.69) is 17.4 Å². The maximum Gasteiger partial charge on any atom is 0.269 e. The second kappa shape index (κ2) is 6.58. The molecule has 2 aromatic carbocycles. The van der Waals surface area contributed by atoms with Gasteiger partial charge in [0.2, 0.25) is 0 Å². The van der Waals surface area contributed by atoms with Gasteiger partial charge in [-0.3, -0.25) is 10.1 Å². The molecule has 2 aromatic rings. The fraction of sp³-hybridized carbons (Fsp3) is 0.294. The summed E-state index contributed by atoms with van der Waals surface area (Å²) in [6, 6.07) is 16.8. The van der Waals surface area contributed by atoms with Crippen molar-refractivity contribution in [3.63, 3.8) is 0 Å². The highest BCUT2D eigenvalue weighted by atomic mass is 16.6. The first-order valence-corrected chi connectivity index (χ1v) is 7.39. The molecule has 0 spiro atoms. The molecule has 2 atom stereocenters. The fourth-order valence-corrected chi connectivity index (χ4v) is 2.80. The van der Waals surface area contributed by atoms with E-state index in [4.69, 9.17) is 4.74 Å². The summed E-state index contributed by atoms with van der Waals surface area (Å²) in [5.74, 6) is 0.401. The van der Waals surface area contributed by atoms with Gasteiger partial charge >= 0.3 is 0 Å². The lowest BCUT2D eigenvalue weighted by Crippen LogP contribution is -2.17. The molecule has 0 aliphatic carbocycles. The normalized spacial score (nSPS) is 20.7. The van der Waals surface area contributed by atoms with Gasteiger partial charge in [0.05, 0.1) is 11.0 Å². The zero-order chi connectivity index (χ0) is 15.4. The van der Waals surface area contributed by atoms with Gasteiger partial charge in [-0.05, 0) is 24.1 Å².